The van der Waals surface area contributed by atoms with Crippen molar-refractivity contribution in [1.29, 1.82) is 0 Å². The predicted octanol–water partition coefficient (Wildman–Crippen LogP) is 2.50. The molecule has 1 aliphatic heterocycles. The number of H-pyrrole nitrogens is 1. The van der Waals surface area contributed by atoms with Crippen molar-refractivity contribution in [3.63, 3.8) is 0 Å². The molecular formula is C18H16BrN5O2S. The molecule has 0 bridgehead atoms. The van der Waals surface area contributed by atoms with Crippen LogP contribution in [-0.2, 0) is 4.79 Å². The van der Waals surface area contributed by atoms with E-state index in [0.717, 1.165) is 14.7 Å². The van der Waals surface area contributed by atoms with Gasteiger partial charge in [-0.15, -0.1) is 0 Å². The third-order valence-corrected chi connectivity index (χ3v) is 5.28. The normalized spacial score (nSPS) is 19.3. The fraction of sp³-hybridized carbons (Fsp3) is 0.167. The SMILES string of the molecule is O=C(Nn1c(=S)[nH]c2ccccc2c1=O)C1CC(c2cccc(Br)c2)NN1. The molecule has 4 N–H and O–H groups in total. The van der Waals surface area contributed by atoms with Gasteiger partial charge in [-0.25, -0.2) is 10.9 Å². The Morgan fingerprint density at radius 2 is 2.00 bits per heavy atom. The zero-order valence-electron chi connectivity index (χ0n) is 14.0. The Labute approximate surface area is 167 Å². The number of nitrogens with one attached hydrogen (secondary N) is 4. The average molecular weight is 446 g/mol. The molecule has 1 fully saturated rings. The van der Waals surface area contributed by atoms with E-state index in [2.05, 4.69) is 37.2 Å². The van der Waals surface area contributed by atoms with Crippen molar-refractivity contribution in [1.82, 2.24) is 20.5 Å². The third kappa shape index (κ3) is 3.59. The van der Waals surface area contributed by atoms with Crippen LogP contribution in [0.5, 0.6) is 0 Å². The summed E-state index contributed by atoms with van der Waals surface area (Å²) < 4.78 is 2.19. The zero-order chi connectivity index (χ0) is 19.0. The quantitative estimate of drug-likeness (QED) is 0.465. The summed E-state index contributed by atoms with van der Waals surface area (Å²) in [6.07, 6.45) is 0.543. The van der Waals surface area contributed by atoms with Crippen LogP contribution in [0, 0.1) is 4.77 Å². The van der Waals surface area contributed by atoms with Gasteiger partial charge in [0.15, 0.2) is 4.77 Å². The lowest BCUT2D eigenvalue weighted by molar-refractivity contribution is -0.118. The van der Waals surface area contributed by atoms with Gasteiger partial charge >= 0.3 is 0 Å². The molecule has 0 radical (unpaired) electrons. The lowest BCUT2D eigenvalue weighted by Crippen LogP contribution is -2.45. The van der Waals surface area contributed by atoms with Crippen molar-refractivity contribution >= 4 is 45.0 Å². The largest absolute Gasteiger partial charge is 0.330 e. The van der Waals surface area contributed by atoms with Gasteiger partial charge in [-0.2, -0.15) is 4.68 Å². The van der Waals surface area contributed by atoms with E-state index in [1.165, 1.54) is 0 Å². The number of fused-ring (bicyclic) bond motifs is 1. The van der Waals surface area contributed by atoms with E-state index in [-0.39, 0.29) is 22.3 Å². The number of aromatic nitrogens is 2. The summed E-state index contributed by atoms with van der Waals surface area (Å²) in [4.78, 5) is 28.3. The summed E-state index contributed by atoms with van der Waals surface area (Å²) in [6.45, 7) is 0. The number of nitrogens with zero attached hydrogens (tertiary/aromatic N) is 1. The van der Waals surface area contributed by atoms with Gasteiger partial charge in [0, 0.05) is 10.5 Å². The summed E-state index contributed by atoms with van der Waals surface area (Å²) in [5.41, 5.74) is 10.1. The molecule has 1 aromatic heterocycles. The van der Waals surface area contributed by atoms with Crippen LogP contribution in [0.25, 0.3) is 10.9 Å². The molecule has 27 heavy (non-hydrogen) atoms. The van der Waals surface area contributed by atoms with Gasteiger partial charge in [-0.3, -0.25) is 15.0 Å². The number of hydrogen-bond donors (Lipinski definition) is 4. The van der Waals surface area contributed by atoms with Crippen molar-refractivity contribution in [3.8, 4) is 0 Å². The summed E-state index contributed by atoms with van der Waals surface area (Å²) in [7, 11) is 0. The standard InChI is InChI=1S/C18H16BrN5O2S/c19-11-5-3-4-10(8-11)14-9-15(22-21-14)16(25)23-24-17(26)12-6-1-2-7-13(12)20-18(24)27/h1-8,14-15,21-22H,9H2,(H,20,27)(H,23,25). The van der Waals surface area contributed by atoms with Crippen molar-refractivity contribution < 1.29 is 4.79 Å². The first kappa shape index (κ1) is 18.1. The van der Waals surface area contributed by atoms with Crippen LogP contribution in [0.2, 0.25) is 0 Å². The molecule has 2 unspecified atom stereocenters. The van der Waals surface area contributed by atoms with Crippen molar-refractivity contribution in [2.75, 3.05) is 5.43 Å². The maximum absolute atomic E-state index is 12.7. The number of hydrogen-bond acceptors (Lipinski definition) is 5. The monoisotopic (exact) mass is 445 g/mol. The number of rotatable bonds is 3. The molecule has 3 aromatic rings. The molecule has 0 spiro atoms. The third-order valence-electron chi connectivity index (χ3n) is 4.50. The zero-order valence-corrected chi connectivity index (χ0v) is 16.4. The van der Waals surface area contributed by atoms with E-state index < -0.39 is 6.04 Å². The molecule has 2 heterocycles. The average Bonchev–Trinajstić information content (AvgIpc) is 3.15. The van der Waals surface area contributed by atoms with Crippen molar-refractivity contribution in [3.05, 3.63) is 73.7 Å². The Hall–Kier alpha value is -2.33. The molecular weight excluding hydrogens is 430 g/mol. The van der Waals surface area contributed by atoms with Gasteiger partial charge in [0.2, 0.25) is 0 Å². The lowest BCUT2D eigenvalue weighted by atomic mass is 10.0. The Bertz CT molecular complexity index is 1140. The van der Waals surface area contributed by atoms with Gasteiger partial charge in [-0.05, 0) is 48.5 Å². The number of para-hydroxylation sites is 1. The highest BCUT2D eigenvalue weighted by Gasteiger charge is 2.30. The maximum atomic E-state index is 12.7. The Kier molecular flexibility index (Phi) is 4.92. The van der Waals surface area contributed by atoms with Crippen molar-refractivity contribution in [2.45, 2.75) is 18.5 Å². The number of carbonyl (C=O) groups is 1. The highest BCUT2D eigenvalue weighted by atomic mass is 79.9. The minimum Gasteiger partial charge on any atom is -0.330 e. The molecule has 2 aromatic carbocycles. The van der Waals surface area contributed by atoms with E-state index in [1.54, 1.807) is 18.2 Å². The van der Waals surface area contributed by atoms with Gasteiger partial charge in [0.25, 0.3) is 11.5 Å². The van der Waals surface area contributed by atoms with Crippen LogP contribution in [0.15, 0.2) is 57.8 Å². The van der Waals surface area contributed by atoms with E-state index in [4.69, 9.17) is 12.2 Å². The fourth-order valence-corrected chi connectivity index (χ4v) is 3.78. The molecule has 138 valence electrons. The van der Waals surface area contributed by atoms with Crippen LogP contribution in [-0.4, -0.2) is 21.6 Å². The van der Waals surface area contributed by atoms with E-state index in [0.29, 0.717) is 17.3 Å². The lowest BCUT2D eigenvalue weighted by Gasteiger charge is -2.13. The number of carbonyl (C=O) groups excluding carboxylic acids is 1. The first-order valence-corrected chi connectivity index (χ1v) is 9.54. The van der Waals surface area contributed by atoms with Gasteiger partial charge in [0.05, 0.1) is 10.9 Å². The molecule has 9 heteroatoms. The molecule has 7 nitrogen and oxygen atoms in total. The second kappa shape index (κ2) is 7.35. The highest BCUT2D eigenvalue weighted by molar-refractivity contribution is 9.10. The van der Waals surface area contributed by atoms with E-state index in [1.807, 2.05) is 30.3 Å². The van der Waals surface area contributed by atoms with Gasteiger partial charge < -0.3 is 4.98 Å². The molecule has 1 saturated heterocycles. The number of halogens is 1. The smallest absolute Gasteiger partial charge is 0.281 e. The topological polar surface area (TPSA) is 91.0 Å². The van der Waals surface area contributed by atoms with Crippen LogP contribution in [0.1, 0.15) is 18.0 Å². The summed E-state index contributed by atoms with van der Waals surface area (Å²) >= 11 is 8.68. The Morgan fingerprint density at radius 3 is 2.81 bits per heavy atom. The Morgan fingerprint density at radius 1 is 1.19 bits per heavy atom. The molecule has 4 rings (SSSR count). The summed E-state index contributed by atoms with van der Waals surface area (Å²) in [6, 6.07) is 14.4. The summed E-state index contributed by atoms with van der Waals surface area (Å²) in [5.74, 6) is -0.336. The van der Waals surface area contributed by atoms with Crippen LogP contribution >= 0.6 is 28.1 Å². The fourth-order valence-electron chi connectivity index (χ4n) is 3.12. The number of benzene rings is 2. The minimum absolute atomic E-state index is 0.0129. The van der Waals surface area contributed by atoms with Gasteiger partial charge in [0.1, 0.15) is 6.04 Å². The van der Waals surface area contributed by atoms with Crippen molar-refractivity contribution in [2.24, 2.45) is 0 Å². The second-order valence-electron chi connectivity index (χ2n) is 6.28. The molecule has 1 aliphatic rings. The van der Waals surface area contributed by atoms with E-state index in [9.17, 15) is 9.59 Å². The van der Waals surface area contributed by atoms with E-state index >= 15 is 0 Å². The predicted molar refractivity (Wildman–Crippen MR) is 109 cm³/mol. The number of hydrazine groups is 1. The first-order chi connectivity index (χ1) is 13.0. The maximum Gasteiger partial charge on any atom is 0.281 e. The molecule has 2 atom stereocenters. The highest BCUT2D eigenvalue weighted by Crippen LogP contribution is 2.24. The molecule has 0 saturated carbocycles. The van der Waals surface area contributed by atoms with Crippen LogP contribution in [0.4, 0.5) is 0 Å². The van der Waals surface area contributed by atoms with Crippen LogP contribution < -0.4 is 21.8 Å². The van der Waals surface area contributed by atoms with Crippen LogP contribution in [0.3, 0.4) is 0 Å². The Balaban J connectivity index is 1.54. The molecule has 1 amide bonds. The number of aromatic amines is 1. The number of amides is 1. The first-order valence-electron chi connectivity index (χ1n) is 8.34. The summed E-state index contributed by atoms with van der Waals surface area (Å²) in [5, 5.41) is 0.455. The minimum atomic E-state index is -0.498. The second-order valence-corrected chi connectivity index (χ2v) is 7.58. The molecule has 0 aliphatic carbocycles. The van der Waals surface area contributed by atoms with Gasteiger partial charge in [-0.1, -0.05) is 40.2 Å².